The smallest absolute Gasteiger partial charge is 0.409 e. The predicted octanol–water partition coefficient (Wildman–Crippen LogP) is 0.198. The molecule has 2 amide bonds. The first-order valence-electron chi connectivity index (χ1n) is 5.95. The van der Waals surface area contributed by atoms with Crippen molar-refractivity contribution in [2.75, 3.05) is 19.7 Å². The maximum atomic E-state index is 11.4. The van der Waals surface area contributed by atoms with Crippen LogP contribution in [0.15, 0.2) is 0 Å². The number of carboxylic acid groups (broad SMARTS) is 1. The van der Waals surface area contributed by atoms with Gasteiger partial charge in [0, 0.05) is 19.1 Å². The van der Waals surface area contributed by atoms with Gasteiger partial charge in [-0.25, -0.2) is 4.79 Å². The Labute approximate surface area is 105 Å². The van der Waals surface area contributed by atoms with Gasteiger partial charge in [0.25, 0.3) is 0 Å². The number of ether oxygens (including phenoxy) is 1. The third-order valence-corrected chi connectivity index (χ3v) is 2.70. The van der Waals surface area contributed by atoms with Crippen LogP contribution in [0.4, 0.5) is 4.79 Å². The molecule has 7 nitrogen and oxygen atoms in total. The molecule has 1 aliphatic heterocycles. The van der Waals surface area contributed by atoms with Gasteiger partial charge in [-0.2, -0.15) is 0 Å². The quantitative estimate of drug-likeness (QED) is 0.702. The highest BCUT2D eigenvalue weighted by Gasteiger charge is 2.24. The van der Waals surface area contributed by atoms with Crippen LogP contribution in [0.5, 0.6) is 0 Å². The molecule has 0 radical (unpaired) electrons. The Balaban J connectivity index is 2.29. The highest BCUT2D eigenvalue weighted by atomic mass is 16.6. The van der Waals surface area contributed by atoms with Crippen LogP contribution in [-0.2, 0) is 14.3 Å². The van der Waals surface area contributed by atoms with Crippen molar-refractivity contribution in [3.8, 4) is 0 Å². The van der Waals surface area contributed by atoms with Gasteiger partial charge in [-0.3, -0.25) is 9.59 Å². The molecule has 18 heavy (non-hydrogen) atoms. The summed E-state index contributed by atoms with van der Waals surface area (Å²) in [4.78, 5) is 34.6. The van der Waals surface area contributed by atoms with Crippen molar-refractivity contribution >= 4 is 18.0 Å². The predicted molar refractivity (Wildman–Crippen MR) is 62.0 cm³/mol. The largest absolute Gasteiger partial charge is 0.481 e. The number of nitrogens with zero attached hydrogens (tertiary/aromatic N) is 1. The molecule has 7 heteroatoms. The Morgan fingerprint density at radius 3 is 2.44 bits per heavy atom. The van der Waals surface area contributed by atoms with E-state index in [0.29, 0.717) is 32.5 Å². The second-order valence-electron chi connectivity index (χ2n) is 4.10. The highest BCUT2D eigenvalue weighted by Crippen LogP contribution is 2.11. The summed E-state index contributed by atoms with van der Waals surface area (Å²) in [7, 11) is 0. The minimum atomic E-state index is -1.14. The molecule has 1 aliphatic rings. The topological polar surface area (TPSA) is 95.9 Å². The molecule has 1 fully saturated rings. The van der Waals surface area contributed by atoms with Gasteiger partial charge in [-0.15, -0.1) is 0 Å². The third-order valence-electron chi connectivity index (χ3n) is 2.70. The fourth-order valence-electron chi connectivity index (χ4n) is 1.84. The van der Waals surface area contributed by atoms with Crippen molar-refractivity contribution in [1.29, 1.82) is 0 Å². The normalized spacial score (nSPS) is 16.2. The summed E-state index contributed by atoms with van der Waals surface area (Å²) in [5.74, 6) is -1.63. The van der Waals surface area contributed by atoms with Crippen LogP contribution in [0.3, 0.4) is 0 Å². The molecule has 102 valence electrons. The van der Waals surface area contributed by atoms with E-state index in [1.54, 1.807) is 11.8 Å². The monoisotopic (exact) mass is 258 g/mol. The Hall–Kier alpha value is -1.79. The maximum absolute atomic E-state index is 11.4. The van der Waals surface area contributed by atoms with Crippen LogP contribution in [-0.4, -0.2) is 53.7 Å². The van der Waals surface area contributed by atoms with Crippen molar-refractivity contribution in [2.45, 2.75) is 32.2 Å². The number of amides is 2. The highest BCUT2D eigenvalue weighted by molar-refractivity contribution is 5.93. The molecule has 0 bridgehead atoms. The van der Waals surface area contributed by atoms with Crippen LogP contribution < -0.4 is 5.32 Å². The van der Waals surface area contributed by atoms with Gasteiger partial charge >= 0.3 is 12.1 Å². The molecule has 1 saturated heterocycles. The molecular formula is C11H18N2O5. The number of carboxylic acids is 1. The lowest BCUT2D eigenvalue weighted by molar-refractivity contribution is -0.140. The van der Waals surface area contributed by atoms with Crippen LogP contribution in [0.2, 0.25) is 0 Å². The third kappa shape index (κ3) is 4.60. The first-order chi connectivity index (χ1) is 8.52. The van der Waals surface area contributed by atoms with Gasteiger partial charge in [-0.05, 0) is 19.8 Å². The number of carbonyl (C=O) groups is 3. The van der Waals surface area contributed by atoms with Crippen molar-refractivity contribution in [1.82, 2.24) is 10.2 Å². The summed E-state index contributed by atoms with van der Waals surface area (Å²) in [6, 6.07) is -0.0671. The van der Waals surface area contributed by atoms with Crippen LogP contribution in [0.1, 0.15) is 26.2 Å². The molecule has 0 aromatic heterocycles. The lowest BCUT2D eigenvalue weighted by atomic mass is 10.1. The number of hydrogen-bond donors (Lipinski definition) is 2. The summed E-state index contributed by atoms with van der Waals surface area (Å²) in [6.07, 6.45) is 0.375. The van der Waals surface area contributed by atoms with E-state index >= 15 is 0 Å². The Morgan fingerprint density at radius 2 is 1.94 bits per heavy atom. The zero-order valence-electron chi connectivity index (χ0n) is 10.3. The summed E-state index contributed by atoms with van der Waals surface area (Å²) in [6.45, 7) is 3.11. The molecular weight excluding hydrogens is 240 g/mol. The molecule has 0 aromatic carbocycles. The minimum absolute atomic E-state index is 0.0671. The molecule has 2 N–H and O–H groups in total. The van der Waals surface area contributed by atoms with Crippen molar-refractivity contribution in [2.24, 2.45) is 0 Å². The molecule has 0 saturated carbocycles. The van der Waals surface area contributed by atoms with Crippen molar-refractivity contribution in [3.63, 3.8) is 0 Å². The average Bonchev–Trinajstić information content (AvgIpc) is 2.29. The maximum Gasteiger partial charge on any atom is 0.409 e. The number of hydrogen-bond acceptors (Lipinski definition) is 4. The number of rotatable bonds is 4. The summed E-state index contributed by atoms with van der Waals surface area (Å²) < 4.78 is 4.87. The minimum Gasteiger partial charge on any atom is -0.481 e. The Bertz CT molecular complexity index is 323. The molecule has 0 aliphatic carbocycles. The van der Waals surface area contributed by atoms with E-state index in [1.807, 2.05) is 0 Å². The van der Waals surface area contributed by atoms with E-state index in [0.717, 1.165) is 0 Å². The first-order valence-corrected chi connectivity index (χ1v) is 5.95. The van der Waals surface area contributed by atoms with Crippen LogP contribution >= 0.6 is 0 Å². The van der Waals surface area contributed by atoms with Gasteiger partial charge in [0.15, 0.2) is 0 Å². The standard InChI is InChI=1S/C11H18N2O5/c1-2-18-11(17)13-5-3-8(4-6-13)12-9(14)7-10(15)16/h8H,2-7H2,1H3,(H,12,14)(H,15,16). The van der Waals surface area contributed by atoms with Crippen LogP contribution in [0.25, 0.3) is 0 Å². The van der Waals surface area contributed by atoms with Crippen LogP contribution in [0, 0.1) is 0 Å². The van der Waals surface area contributed by atoms with Gasteiger partial charge < -0.3 is 20.1 Å². The summed E-state index contributed by atoms with van der Waals surface area (Å²) >= 11 is 0. The van der Waals surface area contributed by atoms with E-state index in [9.17, 15) is 14.4 Å². The molecule has 0 unspecified atom stereocenters. The first kappa shape index (κ1) is 14.3. The molecule has 1 rings (SSSR count). The number of likely N-dealkylation sites (tertiary alicyclic amines) is 1. The van der Waals surface area contributed by atoms with E-state index < -0.39 is 18.3 Å². The zero-order chi connectivity index (χ0) is 13.5. The van der Waals surface area contributed by atoms with Gasteiger partial charge in [-0.1, -0.05) is 0 Å². The van der Waals surface area contributed by atoms with E-state index in [4.69, 9.17) is 9.84 Å². The molecule has 1 heterocycles. The summed E-state index contributed by atoms with van der Waals surface area (Å²) in [5, 5.41) is 11.1. The molecule has 0 atom stereocenters. The fourth-order valence-corrected chi connectivity index (χ4v) is 1.84. The number of carbonyl (C=O) groups excluding carboxylic acids is 2. The number of nitrogens with one attached hydrogen (secondary N) is 1. The van der Waals surface area contributed by atoms with Gasteiger partial charge in [0.1, 0.15) is 6.42 Å². The molecule has 0 spiro atoms. The number of piperidine rings is 1. The molecule has 0 aromatic rings. The van der Waals surface area contributed by atoms with Gasteiger partial charge in [0.2, 0.25) is 5.91 Å². The van der Waals surface area contributed by atoms with E-state index in [1.165, 1.54) is 0 Å². The summed E-state index contributed by atoms with van der Waals surface area (Å²) in [5.41, 5.74) is 0. The lowest BCUT2D eigenvalue weighted by Gasteiger charge is -2.31. The van der Waals surface area contributed by atoms with E-state index in [2.05, 4.69) is 5.32 Å². The Morgan fingerprint density at radius 1 is 1.33 bits per heavy atom. The zero-order valence-corrected chi connectivity index (χ0v) is 10.3. The second kappa shape index (κ2) is 6.83. The van der Waals surface area contributed by atoms with Crippen molar-refractivity contribution in [3.05, 3.63) is 0 Å². The SMILES string of the molecule is CCOC(=O)N1CCC(NC(=O)CC(=O)O)CC1. The second-order valence-corrected chi connectivity index (χ2v) is 4.10. The lowest BCUT2D eigenvalue weighted by Crippen LogP contribution is -2.47. The number of aliphatic carboxylic acids is 1. The fraction of sp³-hybridized carbons (Fsp3) is 0.727. The van der Waals surface area contributed by atoms with E-state index in [-0.39, 0.29) is 12.1 Å². The Kier molecular flexibility index (Phi) is 5.41. The average molecular weight is 258 g/mol. The van der Waals surface area contributed by atoms with Gasteiger partial charge in [0.05, 0.1) is 6.61 Å². The van der Waals surface area contributed by atoms with Crippen molar-refractivity contribution < 1.29 is 24.2 Å².